The van der Waals surface area contributed by atoms with Crippen molar-refractivity contribution in [2.24, 2.45) is 0 Å². The Labute approximate surface area is 113 Å². The van der Waals surface area contributed by atoms with Crippen LogP contribution < -0.4 is 10.5 Å². The highest BCUT2D eigenvalue weighted by Gasteiger charge is 2.17. The molecule has 0 aliphatic heterocycles. The lowest BCUT2D eigenvalue weighted by Crippen LogP contribution is -2.14. The number of nitrogens with two attached hydrogens (primary N) is 1. The van der Waals surface area contributed by atoms with Gasteiger partial charge in [0.2, 0.25) is 0 Å². The van der Waals surface area contributed by atoms with Gasteiger partial charge < -0.3 is 10.5 Å². The first kappa shape index (κ1) is 13.3. The number of hydrogen-bond acceptors (Lipinski definition) is 4. The quantitative estimate of drug-likeness (QED) is 0.910. The molecule has 2 aromatic rings. The lowest BCUT2D eigenvalue weighted by Gasteiger charge is -2.23. The number of benzene rings is 1. The molecule has 2 N–H and O–H groups in total. The third-order valence-electron chi connectivity index (χ3n) is 3.43. The van der Waals surface area contributed by atoms with E-state index in [0.717, 1.165) is 6.42 Å². The third-order valence-corrected chi connectivity index (χ3v) is 3.43. The van der Waals surface area contributed by atoms with E-state index in [1.165, 1.54) is 11.8 Å². The van der Waals surface area contributed by atoms with Crippen molar-refractivity contribution in [3.63, 3.8) is 0 Å². The Hall–Kier alpha value is -2.10. The van der Waals surface area contributed by atoms with Crippen molar-refractivity contribution in [3.8, 4) is 11.6 Å². The summed E-state index contributed by atoms with van der Waals surface area (Å²) in [6, 6.07) is 8.01. The van der Waals surface area contributed by atoms with Gasteiger partial charge in [0.15, 0.2) is 5.82 Å². The number of nitrogens with zero attached hydrogens (tertiary/aromatic N) is 2. The van der Waals surface area contributed by atoms with E-state index in [1.807, 2.05) is 12.1 Å². The van der Waals surface area contributed by atoms with E-state index in [0.29, 0.717) is 17.4 Å². The first-order valence-electron chi connectivity index (χ1n) is 6.38. The summed E-state index contributed by atoms with van der Waals surface area (Å²) >= 11 is 0. The second-order valence-electron chi connectivity index (χ2n) is 5.11. The van der Waals surface area contributed by atoms with Gasteiger partial charge in [0.25, 0.3) is 5.88 Å². The van der Waals surface area contributed by atoms with Crippen molar-refractivity contribution in [3.05, 3.63) is 42.2 Å². The fourth-order valence-corrected chi connectivity index (χ4v) is 1.70. The van der Waals surface area contributed by atoms with E-state index in [9.17, 15) is 0 Å². The molecule has 4 heteroatoms. The molecule has 1 aromatic carbocycles. The Morgan fingerprint density at radius 2 is 1.74 bits per heavy atom. The van der Waals surface area contributed by atoms with Crippen LogP contribution in [0.1, 0.15) is 32.8 Å². The van der Waals surface area contributed by atoms with Crippen LogP contribution in [0.25, 0.3) is 0 Å². The van der Waals surface area contributed by atoms with Crippen LogP contribution in [-0.2, 0) is 5.41 Å². The van der Waals surface area contributed by atoms with Gasteiger partial charge in [0, 0.05) is 12.4 Å². The predicted octanol–water partition coefficient (Wildman–Crippen LogP) is 3.54. The van der Waals surface area contributed by atoms with Gasteiger partial charge in [-0.25, -0.2) is 9.97 Å². The molecule has 0 radical (unpaired) electrons. The minimum atomic E-state index is 0.171. The first-order valence-corrected chi connectivity index (χ1v) is 6.38. The topological polar surface area (TPSA) is 61.0 Å². The molecule has 0 spiro atoms. The smallest absolute Gasteiger partial charge is 0.262 e. The number of ether oxygens (including phenoxy) is 1. The zero-order valence-electron chi connectivity index (χ0n) is 11.6. The fraction of sp³-hybridized carbons (Fsp3) is 0.333. The number of anilines is 1. The Kier molecular flexibility index (Phi) is 3.69. The molecular weight excluding hydrogens is 238 g/mol. The molecule has 19 heavy (non-hydrogen) atoms. The summed E-state index contributed by atoms with van der Waals surface area (Å²) < 4.78 is 5.61. The molecule has 0 aliphatic carbocycles. The third kappa shape index (κ3) is 3.02. The van der Waals surface area contributed by atoms with Gasteiger partial charge in [-0.2, -0.15) is 0 Å². The van der Waals surface area contributed by atoms with E-state index in [4.69, 9.17) is 10.5 Å². The standard InChI is InChI=1S/C15H19N3O/c1-4-15(2,3)11-5-7-12(8-6-11)19-14-13(16)17-9-10-18-14/h5-10H,4H2,1-3H3,(H2,16,17). The number of hydrogen-bond donors (Lipinski definition) is 1. The summed E-state index contributed by atoms with van der Waals surface area (Å²) in [6.07, 6.45) is 4.18. The van der Waals surface area contributed by atoms with Gasteiger partial charge in [-0.05, 0) is 29.5 Å². The molecule has 0 aliphatic rings. The van der Waals surface area contributed by atoms with Crippen LogP contribution in [0, 0.1) is 0 Å². The molecule has 0 bridgehead atoms. The summed E-state index contributed by atoms with van der Waals surface area (Å²) in [5, 5.41) is 0. The number of aromatic nitrogens is 2. The maximum Gasteiger partial charge on any atom is 0.262 e. The highest BCUT2D eigenvalue weighted by Crippen LogP contribution is 2.29. The zero-order chi connectivity index (χ0) is 13.9. The number of rotatable bonds is 4. The predicted molar refractivity (Wildman–Crippen MR) is 76.3 cm³/mol. The van der Waals surface area contributed by atoms with Gasteiger partial charge in [0.05, 0.1) is 0 Å². The summed E-state index contributed by atoms with van der Waals surface area (Å²) in [7, 11) is 0. The monoisotopic (exact) mass is 257 g/mol. The van der Waals surface area contributed by atoms with Crippen LogP contribution in [0.2, 0.25) is 0 Å². The van der Waals surface area contributed by atoms with Gasteiger partial charge in [-0.3, -0.25) is 0 Å². The van der Waals surface area contributed by atoms with Gasteiger partial charge in [0.1, 0.15) is 5.75 Å². The Balaban J connectivity index is 2.18. The summed E-state index contributed by atoms with van der Waals surface area (Å²) in [4.78, 5) is 7.99. The normalized spacial score (nSPS) is 11.3. The van der Waals surface area contributed by atoms with Crippen LogP contribution in [0.3, 0.4) is 0 Å². The van der Waals surface area contributed by atoms with Gasteiger partial charge >= 0.3 is 0 Å². The fourth-order valence-electron chi connectivity index (χ4n) is 1.70. The maximum atomic E-state index is 5.69. The Morgan fingerprint density at radius 3 is 2.32 bits per heavy atom. The van der Waals surface area contributed by atoms with Crippen molar-refractivity contribution in [1.29, 1.82) is 0 Å². The summed E-state index contributed by atoms with van der Waals surface area (Å²) in [5.74, 6) is 1.34. The second-order valence-corrected chi connectivity index (χ2v) is 5.11. The summed E-state index contributed by atoms with van der Waals surface area (Å²) in [6.45, 7) is 6.64. The molecule has 2 rings (SSSR count). The van der Waals surface area contributed by atoms with Crippen LogP contribution in [-0.4, -0.2) is 9.97 Å². The van der Waals surface area contributed by atoms with Crippen molar-refractivity contribution in [1.82, 2.24) is 9.97 Å². The Bertz CT molecular complexity index is 550. The van der Waals surface area contributed by atoms with Gasteiger partial charge in [-0.1, -0.05) is 32.9 Å². The minimum Gasteiger partial charge on any atom is -0.436 e. The second kappa shape index (κ2) is 5.26. The largest absolute Gasteiger partial charge is 0.436 e. The van der Waals surface area contributed by atoms with Crippen molar-refractivity contribution in [2.45, 2.75) is 32.6 Å². The lowest BCUT2D eigenvalue weighted by atomic mass is 9.82. The maximum absolute atomic E-state index is 5.69. The molecule has 0 atom stereocenters. The lowest BCUT2D eigenvalue weighted by molar-refractivity contribution is 0.461. The van der Waals surface area contributed by atoms with E-state index >= 15 is 0 Å². The van der Waals surface area contributed by atoms with Crippen LogP contribution >= 0.6 is 0 Å². The van der Waals surface area contributed by atoms with E-state index in [-0.39, 0.29) is 5.41 Å². The first-order chi connectivity index (χ1) is 9.03. The molecule has 0 fully saturated rings. The van der Waals surface area contributed by atoms with Crippen LogP contribution in [0.15, 0.2) is 36.7 Å². The average molecular weight is 257 g/mol. The molecule has 1 aromatic heterocycles. The average Bonchev–Trinajstić information content (AvgIpc) is 2.42. The molecule has 0 amide bonds. The van der Waals surface area contributed by atoms with Crippen molar-refractivity contribution in [2.75, 3.05) is 5.73 Å². The van der Waals surface area contributed by atoms with E-state index < -0.39 is 0 Å². The number of nitrogen functional groups attached to an aromatic ring is 1. The molecule has 100 valence electrons. The van der Waals surface area contributed by atoms with Crippen LogP contribution in [0.4, 0.5) is 5.82 Å². The molecule has 4 nitrogen and oxygen atoms in total. The summed E-state index contributed by atoms with van der Waals surface area (Å²) in [5.41, 5.74) is 7.15. The zero-order valence-corrected chi connectivity index (χ0v) is 11.6. The molecule has 0 saturated carbocycles. The van der Waals surface area contributed by atoms with Gasteiger partial charge in [-0.15, -0.1) is 0 Å². The molecular formula is C15H19N3O. The Morgan fingerprint density at radius 1 is 1.11 bits per heavy atom. The molecule has 0 saturated heterocycles. The highest BCUT2D eigenvalue weighted by atomic mass is 16.5. The minimum absolute atomic E-state index is 0.171. The van der Waals surface area contributed by atoms with Crippen molar-refractivity contribution >= 4 is 5.82 Å². The van der Waals surface area contributed by atoms with E-state index in [1.54, 1.807) is 6.20 Å². The van der Waals surface area contributed by atoms with Crippen molar-refractivity contribution < 1.29 is 4.74 Å². The molecule has 0 unspecified atom stereocenters. The van der Waals surface area contributed by atoms with Crippen LogP contribution in [0.5, 0.6) is 11.6 Å². The SMILES string of the molecule is CCC(C)(C)c1ccc(Oc2nccnc2N)cc1. The molecule has 1 heterocycles. The highest BCUT2D eigenvalue weighted by molar-refractivity contribution is 5.42. The van der Waals surface area contributed by atoms with E-state index in [2.05, 4.69) is 42.9 Å².